The average molecular weight is 427 g/mol. The third kappa shape index (κ3) is 6.00. The van der Waals surface area contributed by atoms with Gasteiger partial charge < -0.3 is 14.4 Å². The molecule has 0 saturated carbocycles. The summed E-state index contributed by atoms with van der Waals surface area (Å²) in [5.74, 6) is 0.754. The van der Waals surface area contributed by atoms with Gasteiger partial charge in [0.05, 0.1) is 21.5 Å². The fraction of sp³-hybridized carbons (Fsp3) is 0.316. The van der Waals surface area contributed by atoms with Crippen LogP contribution in [0.4, 0.5) is 10.5 Å². The first kappa shape index (κ1) is 21.8. The van der Waals surface area contributed by atoms with Crippen molar-refractivity contribution >= 4 is 35.0 Å². The van der Waals surface area contributed by atoms with Crippen LogP contribution in [-0.4, -0.2) is 28.6 Å². The van der Waals surface area contributed by atoms with Crippen molar-refractivity contribution in [3.8, 4) is 11.5 Å². The molecule has 0 radical (unpaired) electrons. The van der Waals surface area contributed by atoms with Crippen LogP contribution in [0.25, 0.3) is 0 Å². The normalized spacial score (nSPS) is 11.1. The van der Waals surface area contributed by atoms with Gasteiger partial charge in [-0.1, -0.05) is 23.2 Å². The van der Waals surface area contributed by atoms with Gasteiger partial charge in [0.15, 0.2) is 0 Å². The lowest BCUT2D eigenvalue weighted by atomic mass is 10.1. The Hall–Kier alpha value is -2.51. The number of ether oxygens (including phenoxy) is 2. The summed E-state index contributed by atoms with van der Waals surface area (Å²) in [6, 6.07) is 8.89. The summed E-state index contributed by atoms with van der Waals surface area (Å²) in [4.78, 5) is 24.2. The van der Waals surface area contributed by atoms with E-state index in [4.69, 9.17) is 32.7 Å². The summed E-state index contributed by atoms with van der Waals surface area (Å²) in [6.45, 7) is 5.31. The number of benzene rings is 2. The molecule has 0 aliphatic rings. The van der Waals surface area contributed by atoms with Gasteiger partial charge in [0.25, 0.3) is 5.69 Å². The average Bonchev–Trinajstić information content (AvgIpc) is 2.58. The lowest BCUT2D eigenvalue weighted by molar-refractivity contribution is -0.384. The van der Waals surface area contributed by atoms with Crippen LogP contribution in [0.1, 0.15) is 26.3 Å². The van der Waals surface area contributed by atoms with Crippen LogP contribution in [0.5, 0.6) is 11.5 Å². The Morgan fingerprint density at radius 1 is 1.14 bits per heavy atom. The largest absolute Gasteiger partial charge is 0.457 e. The fourth-order valence-corrected chi connectivity index (χ4v) is 2.52. The van der Waals surface area contributed by atoms with E-state index >= 15 is 0 Å². The lowest BCUT2D eigenvalue weighted by Crippen LogP contribution is -2.33. The van der Waals surface area contributed by atoms with Gasteiger partial charge in [-0.15, -0.1) is 0 Å². The minimum absolute atomic E-state index is 0.0489. The summed E-state index contributed by atoms with van der Waals surface area (Å²) >= 11 is 11.9. The number of halogens is 2. The molecule has 0 aromatic heterocycles. The quantitative estimate of drug-likeness (QED) is 0.428. The number of hydrogen-bond donors (Lipinski definition) is 0. The molecule has 2 aromatic carbocycles. The minimum Gasteiger partial charge on any atom is -0.457 e. The molecule has 9 heteroatoms. The van der Waals surface area contributed by atoms with E-state index in [9.17, 15) is 14.9 Å². The van der Waals surface area contributed by atoms with Crippen molar-refractivity contribution in [1.82, 2.24) is 4.90 Å². The standard InChI is InChI=1S/C19H20Cl2N2O5/c1-19(2,3)28-18(24)22(4)11-12-9-13(23(25)26)5-8-17(12)27-14-6-7-15(20)16(21)10-14/h5-10H,11H2,1-4H3. The first-order chi connectivity index (χ1) is 13.0. The van der Waals surface area contributed by atoms with Crippen LogP contribution < -0.4 is 4.74 Å². The molecule has 0 N–H and O–H groups in total. The molecule has 0 spiro atoms. The van der Waals surface area contributed by atoms with Crippen molar-refractivity contribution in [1.29, 1.82) is 0 Å². The third-order valence-electron chi connectivity index (χ3n) is 3.49. The van der Waals surface area contributed by atoms with Gasteiger partial charge in [-0.2, -0.15) is 0 Å². The number of nitro benzene ring substituents is 1. The molecule has 0 aliphatic heterocycles. The number of carbonyl (C=O) groups excluding carboxylic acids is 1. The molecule has 0 saturated heterocycles. The summed E-state index contributed by atoms with van der Waals surface area (Å²) in [5, 5.41) is 11.8. The second kappa shape index (κ2) is 8.67. The molecule has 0 aliphatic carbocycles. The van der Waals surface area contributed by atoms with Crippen LogP contribution in [-0.2, 0) is 11.3 Å². The number of nitrogens with zero attached hydrogens (tertiary/aromatic N) is 2. The Morgan fingerprint density at radius 2 is 1.82 bits per heavy atom. The van der Waals surface area contributed by atoms with E-state index in [-0.39, 0.29) is 12.2 Å². The van der Waals surface area contributed by atoms with E-state index in [2.05, 4.69) is 0 Å². The van der Waals surface area contributed by atoms with Gasteiger partial charge in [-0.25, -0.2) is 4.79 Å². The zero-order valence-electron chi connectivity index (χ0n) is 15.9. The molecule has 1 amide bonds. The summed E-state index contributed by atoms with van der Waals surface area (Å²) in [6.07, 6.45) is -0.556. The van der Waals surface area contributed by atoms with E-state index in [0.29, 0.717) is 27.1 Å². The van der Waals surface area contributed by atoms with Crippen molar-refractivity contribution in [2.45, 2.75) is 32.9 Å². The van der Waals surface area contributed by atoms with Crippen LogP contribution in [0, 0.1) is 10.1 Å². The van der Waals surface area contributed by atoms with Gasteiger partial charge in [-0.05, 0) is 39.0 Å². The molecule has 0 atom stereocenters. The SMILES string of the molecule is CN(Cc1cc([N+](=O)[O-])ccc1Oc1ccc(Cl)c(Cl)c1)C(=O)OC(C)(C)C. The van der Waals surface area contributed by atoms with Crippen molar-refractivity contribution in [3.63, 3.8) is 0 Å². The highest BCUT2D eigenvalue weighted by atomic mass is 35.5. The summed E-state index contributed by atoms with van der Waals surface area (Å²) in [5.41, 5.74) is -0.337. The zero-order chi connectivity index (χ0) is 21.1. The highest BCUT2D eigenvalue weighted by Gasteiger charge is 2.22. The topological polar surface area (TPSA) is 81.9 Å². The second-order valence-corrected chi connectivity index (χ2v) is 7.88. The first-order valence-corrected chi connectivity index (χ1v) is 9.06. The monoisotopic (exact) mass is 426 g/mol. The van der Waals surface area contributed by atoms with Crippen molar-refractivity contribution in [2.75, 3.05) is 7.05 Å². The predicted octanol–water partition coefficient (Wildman–Crippen LogP) is 6.06. The molecular weight excluding hydrogens is 407 g/mol. The highest BCUT2D eigenvalue weighted by Crippen LogP contribution is 2.33. The predicted molar refractivity (Wildman–Crippen MR) is 107 cm³/mol. The molecule has 2 aromatic rings. The highest BCUT2D eigenvalue weighted by molar-refractivity contribution is 6.42. The second-order valence-electron chi connectivity index (χ2n) is 7.06. The van der Waals surface area contributed by atoms with E-state index in [1.165, 1.54) is 36.2 Å². The maximum atomic E-state index is 12.2. The van der Waals surface area contributed by atoms with Gasteiger partial charge in [0.1, 0.15) is 17.1 Å². The van der Waals surface area contributed by atoms with Gasteiger partial charge >= 0.3 is 6.09 Å². The number of nitro groups is 1. The fourth-order valence-electron chi connectivity index (χ4n) is 2.23. The van der Waals surface area contributed by atoms with Gasteiger partial charge in [-0.3, -0.25) is 10.1 Å². The third-order valence-corrected chi connectivity index (χ3v) is 4.23. The number of rotatable bonds is 5. The Bertz CT molecular complexity index is 896. The number of hydrogen-bond acceptors (Lipinski definition) is 5. The molecule has 0 bridgehead atoms. The first-order valence-electron chi connectivity index (χ1n) is 8.30. The molecule has 7 nitrogen and oxygen atoms in total. The number of carbonyl (C=O) groups is 1. The van der Waals surface area contributed by atoms with Crippen molar-refractivity contribution in [3.05, 3.63) is 62.1 Å². The number of non-ortho nitro benzene ring substituents is 1. The summed E-state index contributed by atoms with van der Waals surface area (Å²) < 4.78 is 11.1. The van der Waals surface area contributed by atoms with Crippen LogP contribution in [0.3, 0.4) is 0 Å². The molecule has 28 heavy (non-hydrogen) atoms. The molecule has 2 rings (SSSR count). The maximum absolute atomic E-state index is 12.2. The smallest absolute Gasteiger partial charge is 0.410 e. The Morgan fingerprint density at radius 3 is 2.39 bits per heavy atom. The van der Waals surface area contributed by atoms with E-state index < -0.39 is 16.6 Å². The van der Waals surface area contributed by atoms with Crippen molar-refractivity contribution < 1.29 is 19.2 Å². The summed E-state index contributed by atoms with van der Waals surface area (Å²) in [7, 11) is 1.54. The molecule has 0 fully saturated rings. The van der Waals surface area contributed by atoms with Crippen LogP contribution >= 0.6 is 23.2 Å². The molecule has 150 valence electrons. The lowest BCUT2D eigenvalue weighted by Gasteiger charge is -2.25. The van der Waals surface area contributed by atoms with E-state index in [1.807, 2.05) is 0 Å². The number of amides is 1. The van der Waals surface area contributed by atoms with Gasteiger partial charge in [0.2, 0.25) is 0 Å². The zero-order valence-corrected chi connectivity index (χ0v) is 17.4. The Kier molecular flexibility index (Phi) is 6.74. The van der Waals surface area contributed by atoms with Crippen LogP contribution in [0.15, 0.2) is 36.4 Å². The van der Waals surface area contributed by atoms with Crippen LogP contribution in [0.2, 0.25) is 10.0 Å². The molecule has 0 unspecified atom stereocenters. The molecule has 0 heterocycles. The van der Waals surface area contributed by atoms with E-state index in [0.717, 1.165) is 0 Å². The van der Waals surface area contributed by atoms with Crippen molar-refractivity contribution in [2.24, 2.45) is 0 Å². The van der Waals surface area contributed by atoms with Gasteiger partial charge in [0, 0.05) is 30.8 Å². The maximum Gasteiger partial charge on any atom is 0.410 e. The Labute approximate surface area is 172 Å². The minimum atomic E-state index is -0.659. The Balaban J connectivity index is 2.31. The molecular formula is C19H20Cl2N2O5. The van der Waals surface area contributed by atoms with E-state index in [1.54, 1.807) is 32.9 Å².